The molecule has 1 heterocycles. The molecular weight excluding hydrogens is 136 g/mol. The van der Waals surface area contributed by atoms with E-state index in [1.165, 1.54) is 0 Å². The maximum absolute atomic E-state index is 8.59. The van der Waals surface area contributed by atoms with Gasteiger partial charge in [-0.2, -0.15) is 5.26 Å². The van der Waals surface area contributed by atoms with Crippen molar-refractivity contribution in [3.05, 3.63) is 35.7 Å². The van der Waals surface area contributed by atoms with Crippen molar-refractivity contribution >= 4 is 6.08 Å². The van der Waals surface area contributed by atoms with E-state index in [0.717, 1.165) is 11.3 Å². The second-order valence-electron chi connectivity index (χ2n) is 2.22. The second kappa shape index (κ2) is 2.98. The van der Waals surface area contributed by atoms with E-state index in [4.69, 9.17) is 5.26 Å². The highest BCUT2D eigenvalue weighted by Crippen LogP contribution is 2.05. The normalized spacial score (nSPS) is 8.73. The topological polar surface area (TPSA) is 36.7 Å². The molecule has 0 aliphatic carbocycles. The zero-order valence-corrected chi connectivity index (χ0v) is 6.33. The van der Waals surface area contributed by atoms with E-state index in [-0.39, 0.29) is 0 Å². The molecule has 2 heteroatoms. The number of nitrogens with zero attached hydrogens (tertiary/aromatic N) is 2. The van der Waals surface area contributed by atoms with Crippen LogP contribution in [0.5, 0.6) is 0 Å². The summed E-state index contributed by atoms with van der Waals surface area (Å²) in [6.07, 6.45) is 1.63. The summed E-state index contributed by atoms with van der Waals surface area (Å²) in [5.41, 5.74) is 2.12. The van der Waals surface area contributed by atoms with Crippen LogP contribution in [0.4, 0.5) is 0 Å². The number of aryl methyl sites for hydroxylation is 1. The molecule has 0 N–H and O–H groups in total. The minimum atomic E-state index is 0.474. The van der Waals surface area contributed by atoms with E-state index in [0.29, 0.717) is 5.69 Å². The molecule has 0 unspecified atom stereocenters. The van der Waals surface area contributed by atoms with Gasteiger partial charge in [0.2, 0.25) is 0 Å². The quantitative estimate of drug-likeness (QED) is 0.603. The van der Waals surface area contributed by atoms with Gasteiger partial charge in [0.25, 0.3) is 0 Å². The fourth-order valence-electron chi connectivity index (χ4n) is 0.771. The van der Waals surface area contributed by atoms with E-state index in [9.17, 15) is 0 Å². The molecule has 0 aliphatic heterocycles. The van der Waals surface area contributed by atoms with Crippen molar-refractivity contribution in [3.8, 4) is 6.07 Å². The van der Waals surface area contributed by atoms with E-state index in [1.807, 2.05) is 25.1 Å². The first-order chi connectivity index (χ1) is 5.27. The highest BCUT2D eigenvalue weighted by molar-refractivity contribution is 5.45. The first kappa shape index (κ1) is 7.49. The van der Waals surface area contributed by atoms with Crippen LogP contribution >= 0.6 is 0 Å². The van der Waals surface area contributed by atoms with Crippen LogP contribution < -0.4 is 0 Å². The highest BCUT2D eigenvalue weighted by atomic mass is 14.7. The van der Waals surface area contributed by atoms with Crippen LogP contribution in [0.2, 0.25) is 0 Å². The lowest BCUT2D eigenvalue weighted by atomic mass is 10.2. The third kappa shape index (κ3) is 1.44. The second-order valence-corrected chi connectivity index (χ2v) is 2.22. The Morgan fingerprint density at radius 2 is 2.36 bits per heavy atom. The lowest BCUT2D eigenvalue weighted by Crippen LogP contribution is -1.89. The molecule has 0 saturated heterocycles. The molecule has 0 atom stereocenters. The number of hydrogen-bond donors (Lipinski definition) is 0. The van der Waals surface area contributed by atoms with Crippen LogP contribution in [0.25, 0.3) is 6.08 Å². The third-order valence-electron chi connectivity index (χ3n) is 1.43. The number of rotatable bonds is 1. The molecule has 0 radical (unpaired) electrons. The molecule has 1 rings (SSSR count). The number of pyridine rings is 1. The smallest absolute Gasteiger partial charge is 0.144 e. The Morgan fingerprint density at radius 1 is 1.64 bits per heavy atom. The SMILES string of the molecule is C=Cc1ccc(C)c(C#N)n1. The molecule has 0 aliphatic rings. The first-order valence-corrected chi connectivity index (χ1v) is 3.28. The van der Waals surface area contributed by atoms with Gasteiger partial charge in [-0.3, -0.25) is 0 Å². The summed E-state index contributed by atoms with van der Waals surface area (Å²) >= 11 is 0. The van der Waals surface area contributed by atoms with Gasteiger partial charge in [0.1, 0.15) is 11.8 Å². The van der Waals surface area contributed by atoms with Gasteiger partial charge < -0.3 is 0 Å². The Labute approximate surface area is 65.8 Å². The summed E-state index contributed by atoms with van der Waals surface area (Å²) in [5.74, 6) is 0. The molecule has 2 nitrogen and oxygen atoms in total. The Hall–Kier alpha value is -1.62. The molecule has 1 aromatic heterocycles. The zero-order chi connectivity index (χ0) is 8.27. The van der Waals surface area contributed by atoms with E-state index < -0.39 is 0 Å². The van der Waals surface area contributed by atoms with Crippen LogP contribution in [0.1, 0.15) is 17.0 Å². The molecule has 0 fully saturated rings. The predicted molar refractivity (Wildman–Crippen MR) is 43.8 cm³/mol. The van der Waals surface area contributed by atoms with Gasteiger partial charge in [-0.25, -0.2) is 4.98 Å². The molecule has 0 saturated carbocycles. The predicted octanol–water partition coefficient (Wildman–Crippen LogP) is 1.90. The minimum Gasteiger partial charge on any atom is -0.237 e. The first-order valence-electron chi connectivity index (χ1n) is 3.28. The average molecular weight is 144 g/mol. The van der Waals surface area contributed by atoms with Crippen LogP contribution in [0.3, 0.4) is 0 Å². The van der Waals surface area contributed by atoms with Gasteiger partial charge in [0, 0.05) is 0 Å². The average Bonchev–Trinajstić information content (AvgIpc) is 2.05. The summed E-state index contributed by atoms with van der Waals surface area (Å²) in [7, 11) is 0. The van der Waals surface area contributed by atoms with E-state index >= 15 is 0 Å². The molecule has 0 spiro atoms. The summed E-state index contributed by atoms with van der Waals surface area (Å²) in [6, 6.07) is 5.71. The Bertz CT molecular complexity index is 321. The van der Waals surface area contributed by atoms with Crippen molar-refractivity contribution in [1.82, 2.24) is 4.98 Å². The maximum atomic E-state index is 8.59. The fourth-order valence-corrected chi connectivity index (χ4v) is 0.771. The number of aromatic nitrogens is 1. The molecule has 0 aromatic carbocycles. The summed E-state index contributed by atoms with van der Waals surface area (Å²) in [4.78, 5) is 4.03. The fraction of sp³-hybridized carbons (Fsp3) is 0.111. The Balaban J connectivity index is 3.25. The number of hydrogen-bond acceptors (Lipinski definition) is 2. The largest absolute Gasteiger partial charge is 0.237 e. The van der Waals surface area contributed by atoms with Gasteiger partial charge >= 0.3 is 0 Å². The van der Waals surface area contributed by atoms with Crippen molar-refractivity contribution in [2.24, 2.45) is 0 Å². The zero-order valence-electron chi connectivity index (χ0n) is 6.33. The van der Waals surface area contributed by atoms with Crippen molar-refractivity contribution in [3.63, 3.8) is 0 Å². The summed E-state index contributed by atoms with van der Waals surface area (Å²) in [6.45, 7) is 5.42. The van der Waals surface area contributed by atoms with Crippen molar-refractivity contribution in [1.29, 1.82) is 5.26 Å². The van der Waals surface area contributed by atoms with Gasteiger partial charge in [0.05, 0.1) is 5.69 Å². The standard InChI is InChI=1S/C9H8N2/c1-3-8-5-4-7(2)9(6-10)11-8/h3-5H,1H2,2H3. The van der Waals surface area contributed by atoms with Crippen LogP contribution in [-0.4, -0.2) is 4.98 Å². The molecule has 0 amide bonds. The van der Waals surface area contributed by atoms with Crippen LogP contribution in [-0.2, 0) is 0 Å². The molecule has 11 heavy (non-hydrogen) atoms. The lowest BCUT2D eigenvalue weighted by molar-refractivity contribution is 1.19. The maximum Gasteiger partial charge on any atom is 0.144 e. The van der Waals surface area contributed by atoms with Gasteiger partial charge in [-0.15, -0.1) is 0 Å². The summed E-state index contributed by atoms with van der Waals surface area (Å²) < 4.78 is 0. The van der Waals surface area contributed by atoms with Gasteiger partial charge in [-0.05, 0) is 24.6 Å². The molecule has 0 bridgehead atoms. The molecule has 54 valence electrons. The molecular formula is C9H8N2. The van der Waals surface area contributed by atoms with E-state index in [1.54, 1.807) is 6.08 Å². The third-order valence-corrected chi connectivity index (χ3v) is 1.43. The number of nitriles is 1. The van der Waals surface area contributed by atoms with Gasteiger partial charge in [0.15, 0.2) is 0 Å². The Kier molecular flexibility index (Phi) is 2.03. The molecule has 1 aromatic rings. The Morgan fingerprint density at radius 3 is 2.91 bits per heavy atom. The van der Waals surface area contributed by atoms with Crippen molar-refractivity contribution < 1.29 is 0 Å². The van der Waals surface area contributed by atoms with Crippen molar-refractivity contribution in [2.45, 2.75) is 6.92 Å². The van der Waals surface area contributed by atoms with Crippen molar-refractivity contribution in [2.75, 3.05) is 0 Å². The van der Waals surface area contributed by atoms with E-state index in [2.05, 4.69) is 11.6 Å². The van der Waals surface area contributed by atoms with Gasteiger partial charge in [-0.1, -0.05) is 12.6 Å². The monoisotopic (exact) mass is 144 g/mol. The highest BCUT2D eigenvalue weighted by Gasteiger charge is 1.97. The summed E-state index contributed by atoms with van der Waals surface area (Å²) in [5, 5.41) is 8.59. The lowest BCUT2D eigenvalue weighted by Gasteiger charge is -1.96. The van der Waals surface area contributed by atoms with Crippen LogP contribution in [0.15, 0.2) is 18.7 Å². The minimum absolute atomic E-state index is 0.474. The van der Waals surface area contributed by atoms with Crippen LogP contribution in [0, 0.1) is 18.3 Å².